The first-order valence-electron chi connectivity index (χ1n) is 16.0. The Balaban J connectivity index is 1.38. The van der Waals surface area contributed by atoms with Crippen LogP contribution in [-0.4, -0.2) is 70.5 Å². The van der Waals surface area contributed by atoms with Gasteiger partial charge >= 0.3 is 5.97 Å². The van der Waals surface area contributed by atoms with E-state index in [-0.39, 0.29) is 43.2 Å². The molecule has 1 aliphatic rings. The fourth-order valence-corrected chi connectivity index (χ4v) is 6.59. The standard InChI is InChI=1S/C36H46N4O6S/c1-22(26-14-16-27(17-15-26)32-23(2)37-21-47-32)38-34(44)29-19-28(41)20-40(29)35(45)33(36(3,4)5)39-30(42)18-25-12-10-24(11-13-25)8-7-9-31(43)46-6/h10-17,21-22,28-29,33,41H,7-9,18-20H2,1-6H3,(H,38,44)(H,39,42)/t22-,28+,29-,33+/m0/s1. The monoisotopic (exact) mass is 662 g/mol. The summed E-state index contributed by atoms with van der Waals surface area (Å²) >= 11 is 1.58. The summed E-state index contributed by atoms with van der Waals surface area (Å²) in [5, 5.41) is 16.5. The van der Waals surface area contributed by atoms with Crippen LogP contribution >= 0.6 is 11.3 Å². The summed E-state index contributed by atoms with van der Waals surface area (Å²) in [5.41, 5.74) is 5.94. The molecule has 3 amide bonds. The van der Waals surface area contributed by atoms with E-state index >= 15 is 0 Å². The first-order chi connectivity index (χ1) is 22.3. The van der Waals surface area contributed by atoms with Crippen molar-refractivity contribution in [1.29, 1.82) is 0 Å². The largest absolute Gasteiger partial charge is 0.469 e. The van der Waals surface area contributed by atoms with Gasteiger partial charge in [-0.2, -0.15) is 0 Å². The number of nitrogens with zero attached hydrogens (tertiary/aromatic N) is 2. The molecule has 0 bridgehead atoms. The molecular weight excluding hydrogens is 616 g/mol. The van der Waals surface area contributed by atoms with E-state index in [1.54, 1.807) is 11.3 Å². The highest BCUT2D eigenvalue weighted by atomic mass is 32.1. The summed E-state index contributed by atoms with van der Waals surface area (Å²) in [6, 6.07) is 13.4. The van der Waals surface area contributed by atoms with Crippen molar-refractivity contribution in [1.82, 2.24) is 20.5 Å². The van der Waals surface area contributed by atoms with Crippen LogP contribution in [0.4, 0.5) is 0 Å². The predicted octanol–water partition coefficient (Wildman–Crippen LogP) is 4.53. The minimum Gasteiger partial charge on any atom is -0.469 e. The van der Waals surface area contributed by atoms with Crippen LogP contribution < -0.4 is 10.6 Å². The summed E-state index contributed by atoms with van der Waals surface area (Å²) in [4.78, 5) is 58.9. The molecule has 2 aromatic carbocycles. The zero-order valence-electron chi connectivity index (χ0n) is 28.0. The van der Waals surface area contributed by atoms with Gasteiger partial charge in [-0.1, -0.05) is 69.3 Å². The van der Waals surface area contributed by atoms with E-state index in [1.807, 2.05) is 88.7 Å². The molecule has 4 atom stereocenters. The first kappa shape index (κ1) is 35.8. The summed E-state index contributed by atoms with van der Waals surface area (Å²) in [6.45, 7) is 9.45. The van der Waals surface area contributed by atoms with Crippen LogP contribution in [0.15, 0.2) is 54.0 Å². The van der Waals surface area contributed by atoms with Gasteiger partial charge < -0.3 is 25.4 Å². The van der Waals surface area contributed by atoms with E-state index < -0.39 is 29.5 Å². The Morgan fingerprint density at radius 1 is 1.04 bits per heavy atom. The van der Waals surface area contributed by atoms with Crippen LogP contribution in [0.5, 0.6) is 0 Å². The van der Waals surface area contributed by atoms with E-state index in [9.17, 15) is 24.3 Å². The lowest BCUT2D eigenvalue weighted by Gasteiger charge is -2.35. The van der Waals surface area contributed by atoms with E-state index in [2.05, 4.69) is 20.4 Å². The number of amides is 3. The van der Waals surface area contributed by atoms with Crippen molar-refractivity contribution in [3.8, 4) is 10.4 Å². The number of hydrogen-bond donors (Lipinski definition) is 3. The fourth-order valence-electron chi connectivity index (χ4n) is 5.78. The van der Waals surface area contributed by atoms with Gasteiger partial charge in [0.15, 0.2) is 0 Å². The highest BCUT2D eigenvalue weighted by Gasteiger charge is 2.44. The third-order valence-electron chi connectivity index (χ3n) is 8.52. The molecule has 1 aromatic heterocycles. The average Bonchev–Trinajstić information content (AvgIpc) is 3.65. The molecule has 2 heterocycles. The summed E-state index contributed by atoms with van der Waals surface area (Å²) < 4.78 is 4.68. The van der Waals surface area contributed by atoms with Crippen LogP contribution in [0.3, 0.4) is 0 Å². The molecule has 0 radical (unpaired) electrons. The zero-order valence-corrected chi connectivity index (χ0v) is 28.9. The second kappa shape index (κ2) is 15.7. The number of methoxy groups -OCH3 is 1. The number of benzene rings is 2. The van der Waals surface area contributed by atoms with Gasteiger partial charge in [-0.15, -0.1) is 11.3 Å². The van der Waals surface area contributed by atoms with Gasteiger partial charge in [0, 0.05) is 19.4 Å². The van der Waals surface area contributed by atoms with Crippen molar-refractivity contribution >= 4 is 35.0 Å². The number of nitrogens with one attached hydrogen (secondary N) is 2. The zero-order chi connectivity index (χ0) is 34.3. The molecule has 0 unspecified atom stereocenters. The number of hydrogen-bond acceptors (Lipinski definition) is 8. The Morgan fingerprint density at radius 3 is 2.30 bits per heavy atom. The maximum atomic E-state index is 14.0. The number of esters is 1. The lowest BCUT2D eigenvalue weighted by atomic mass is 9.85. The molecule has 11 heteroatoms. The van der Waals surface area contributed by atoms with Gasteiger partial charge in [-0.05, 0) is 54.4 Å². The minimum atomic E-state index is -0.909. The number of rotatable bonds is 12. The number of ether oxygens (including phenoxy) is 1. The Kier molecular flexibility index (Phi) is 11.9. The lowest BCUT2D eigenvalue weighted by molar-refractivity contribution is -0.144. The number of β-amino-alcohol motifs (C(OH)–C–C–N with tert-alkyl or cyclic N) is 1. The lowest BCUT2D eigenvalue weighted by Crippen LogP contribution is -2.58. The van der Waals surface area contributed by atoms with Crippen molar-refractivity contribution in [3.05, 3.63) is 76.4 Å². The molecular formula is C36H46N4O6S. The van der Waals surface area contributed by atoms with Crippen LogP contribution in [0.1, 0.15) is 75.4 Å². The van der Waals surface area contributed by atoms with E-state index in [1.165, 1.54) is 12.0 Å². The van der Waals surface area contributed by atoms with E-state index in [0.717, 1.165) is 39.2 Å². The number of aliphatic hydroxyl groups is 1. The Bertz CT molecular complexity index is 1550. The van der Waals surface area contributed by atoms with Gasteiger partial charge in [-0.25, -0.2) is 4.98 Å². The number of likely N-dealkylation sites (tertiary alicyclic amines) is 1. The molecule has 1 saturated heterocycles. The van der Waals surface area contributed by atoms with E-state index in [0.29, 0.717) is 12.8 Å². The highest BCUT2D eigenvalue weighted by Crippen LogP contribution is 2.29. The molecule has 0 aliphatic carbocycles. The molecule has 3 N–H and O–H groups in total. The molecule has 0 saturated carbocycles. The number of aryl methyl sites for hydroxylation is 2. The topological polar surface area (TPSA) is 138 Å². The normalized spacial score (nSPS) is 17.6. The van der Waals surface area contributed by atoms with Crippen molar-refractivity contribution < 1.29 is 29.0 Å². The molecule has 0 spiro atoms. The third kappa shape index (κ3) is 9.48. The van der Waals surface area contributed by atoms with Crippen LogP contribution in [-0.2, 0) is 36.8 Å². The molecule has 1 fully saturated rings. The number of thiazole rings is 1. The minimum absolute atomic E-state index is 0.00802. The second-order valence-corrected chi connectivity index (χ2v) is 14.2. The van der Waals surface area contributed by atoms with E-state index in [4.69, 9.17) is 0 Å². The molecule has 10 nitrogen and oxygen atoms in total. The first-order valence-corrected chi connectivity index (χ1v) is 16.9. The Labute approximate surface area is 280 Å². The quantitative estimate of drug-likeness (QED) is 0.243. The number of aliphatic hydroxyl groups excluding tert-OH is 1. The van der Waals surface area contributed by atoms with Crippen LogP contribution in [0.25, 0.3) is 10.4 Å². The molecule has 1 aliphatic heterocycles. The summed E-state index contributed by atoms with van der Waals surface area (Å²) in [7, 11) is 1.37. The number of aromatic nitrogens is 1. The number of carbonyl (C=O) groups excluding carboxylic acids is 4. The van der Waals surface area contributed by atoms with Crippen molar-refractivity contribution in [2.24, 2.45) is 5.41 Å². The highest BCUT2D eigenvalue weighted by molar-refractivity contribution is 7.13. The summed E-state index contributed by atoms with van der Waals surface area (Å²) in [5.74, 6) is -1.31. The SMILES string of the molecule is COC(=O)CCCc1ccc(CC(=O)N[C@H](C(=O)N2C[C@H](O)C[C@H]2C(=O)N[C@@H](C)c2ccc(-c3scnc3C)cc2)C(C)(C)C)cc1. The third-order valence-corrected chi connectivity index (χ3v) is 9.50. The van der Waals surface area contributed by atoms with Crippen LogP contribution in [0.2, 0.25) is 0 Å². The second-order valence-electron chi connectivity index (χ2n) is 13.3. The van der Waals surface area contributed by atoms with Crippen molar-refractivity contribution in [2.45, 2.75) is 91.0 Å². The van der Waals surface area contributed by atoms with Gasteiger partial charge in [0.05, 0.1) is 41.8 Å². The maximum Gasteiger partial charge on any atom is 0.305 e. The Hall–Kier alpha value is -4.09. The van der Waals surface area contributed by atoms with Gasteiger partial charge in [0.25, 0.3) is 0 Å². The van der Waals surface area contributed by atoms with Crippen molar-refractivity contribution in [3.63, 3.8) is 0 Å². The fraction of sp³-hybridized carbons (Fsp3) is 0.472. The summed E-state index contributed by atoms with van der Waals surface area (Å²) in [6.07, 6.45) is 1.08. The molecule has 252 valence electrons. The van der Waals surface area contributed by atoms with Gasteiger partial charge in [0.2, 0.25) is 17.7 Å². The predicted molar refractivity (Wildman–Crippen MR) is 181 cm³/mol. The Morgan fingerprint density at radius 2 is 1.70 bits per heavy atom. The van der Waals surface area contributed by atoms with Crippen molar-refractivity contribution in [2.75, 3.05) is 13.7 Å². The van der Waals surface area contributed by atoms with Gasteiger partial charge in [0.1, 0.15) is 12.1 Å². The number of carbonyl (C=O) groups is 4. The maximum absolute atomic E-state index is 14.0. The molecule has 3 aromatic rings. The van der Waals surface area contributed by atoms with Crippen LogP contribution in [0, 0.1) is 12.3 Å². The molecule has 4 rings (SSSR count). The van der Waals surface area contributed by atoms with Gasteiger partial charge in [-0.3, -0.25) is 19.2 Å². The average molecular weight is 663 g/mol. The molecule has 47 heavy (non-hydrogen) atoms. The smallest absolute Gasteiger partial charge is 0.305 e.